The maximum absolute atomic E-state index is 12.7. The van der Waals surface area contributed by atoms with Crippen LogP contribution in [0.15, 0.2) is 67.1 Å². The zero-order valence-electron chi connectivity index (χ0n) is 16.6. The molecule has 4 rings (SSSR count). The molecule has 1 aliphatic rings. The van der Waals surface area contributed by atoms with Crippen LogP contribution in [0.1, 0.15) is 12.0 Å². The second-order valence-electron chi connectivity index (χ2n) is 7.11. The fraction of sp³-hybridized carbons (Fsp3) is 0.217. The van der Waals surface area contributed by atoms with E-state index in [1.165, 1.54) is 0 Å². The van der Waals surface area contributed by atoms with E-state index in [0.717, 1.165) is 28.3 Å². The Morgan fingerprint density at radius 3 is 2.63 bits per heavy atom. The predicted molar refractivity (Wildman–Crippen MR) is 113 cm³/mol. The SMILES string of the molecule is COc1ccc(N2CC(C(=O)NCc3ccnc(-c4ccncc4)c3)CC2=O)cc1. The normalized spacial score (nSPS) is 15.8. The molecule has 1 saturated heterocycles. The van der Waals surface area contributed by atoms with Gasteiger partial charge in [-0.1, -0.05) is 0 Å². The number of hydrogen-bond donors (Lipinski definition) is 1. The molecule has 2 amide bonds. The largest absolute Gasteiger partial charge is 0.497 e. The molecule has 3 heterocycles. The molecule has 1 atom stereocenters. The minimum absolute atomic E-state index is 0.0517. The number of hydrogen-bond acceptors (Lipinski definition) is 5. The molecule has 1 fully saturated rings. The molecule has 2 aromatic heterocycles. The Labute approximate surface area is 174 Å². The molecule has 7 nitrogen and oxygen atoms in total. The lowest BCUT2D eigenvalue weighted by Crippen LogP contribution is -2.32. The molecule has 30 heavy (non-hydrogen) atoms. The first-order chi connectivity index (χ1) is 14.6. The number of ether oxygens (including phenoxy) is 1. The monoisotopic (exact) mass is 402 g/mol. The lowest BCUT2D eigenvalue weighted by Gasteiger charge is -2.17. The first kappa shape index (κ1) is 19.6. The molecule has 1 aliphatic heterocycles. The Morgan fingerprint density at radius 1 is 1.13 bits per heavy atom. The number of rotatable bonds is 6. The summed E-state index contributed by atoms with van der Waals surface area (Å²) >= 11 is 0. The van der Waals surface area contributed by atoms with E-state index in [4.69, 9.17) is 4.74 Å². The van der Waals surface area contributed by atoms with E-state index < -0.39 is 0 Å². The molecule has 7 heteroatoms. The summed E-state index contributed by atoms with van der Waals surface area (Å²) < 4.78 is 5.15. The quantitative estimate of drug-likeness (QED) is 0.685. The van der Waals surface area contributed by atoms with Crippen molar-refractivity contribution in [2.45, 2.75) is 13.0 Å². The predicted octanol–water partition coefficient (Wildman–Crippen LogP) is 2.82. The number of anilines is 1. The standard InChI is InChI=1S/C23H22N4O3/c1-30-20-4-2-19(3-5-20)27-15-18(13-22(27)28)23(29)26-14-16-6-11-25-21(12-16)17-7-9-24-10-8-17/h2-12,18H,13-15H2,1H3,(H,26,29). The van der Waals surface area contributed by atoms with E-state index in [2.05, 4.69) is 15.3 Å². The summed E-state index contributed by atoms with van der Waals surface area (Å²) in [7, 11) is 1.60. The molecule has 1 aromatic carbocycles. The number of nitrogens with one attached hydrogen (secondary N) is 1. The number of amides is 2. The zero-order chi connectivity index (χ0) is 20.9. The van der Waals surface area contributed by atoms with Crippen molar-refractivity contribution in [1.29, 1.82) is 0 Å². The molecule has 0 bridgehead atoms. The summed E-state index contributed by atoms with van der Waals surface area (Å²) in [4.78, 5) is 35.1. The van der Waals surface area contributed by atoms with Gasteiger partial charge in [-0.15, -0.1) is 0 Å². The lowest BCUT2D eigenvalue weighted by atomic mass is 10.1. The number of carbonyl (C=O) groups is 2. The second-order valence-corrected chi connectivity index (χ2v) is 7.11. The number of methoxy groups -OCH3 is 1. The molecule has 0 radical (unpaired) electrons. The van der Waals surface area contributed by atoms with Gasteiger partial charge in [0.15, 0.2) is 0 Å². The van der Waals surface area contributed by atoms with Crippen LogP contribution in [0.25, 0.3) is 11.3 Å². The van der Waals surface area contributed by atoms with Gasteiger partial charge in [-0.25, -0.2) is 0 Å². The Morgan fingerprint density at radius 2 is 1.90 bits per heavy atom. The minimum Gasteiger partial charge on any atom is -0.497 e. The lowest BCUT2D eigenvalue weighted by molar-refractivity contribution is -0.126. The third kappa shape index (κ3) is 4.30. The van der Waals surface area contributed by atoms with Crippen LogP contribution in [0.2, 0.25) is 0 Å². The van der Waals surface area contributed by atoms with Crippen molar-refractivity contribution in [3.8, 4) is 17.0 Å². The van der Waals surface area contributed by atoms with E-state index in [1.54, 1.807) is 42.7 Å². The van der Waals surface area contributed by atoms with E-state index in [0.29, 0.717) is 13.1 Å². The second kappa shape index (κ2) is 8.73. The highest BCUT2D eigenvalue weighted by Crippen LogP contribution is 2.27. The third-order valence-electron chi connectivity index (χ3n) is 5.15. The molecule has 0 saturated carbocycles. The third-order valence-corrected chi connectivity index (χ3v) is 5.15. The van der Waals surface area contributed by atoms with Crippen LogP contribution in [0.3, 0.4) is 0 Å². The van der Waals surface area contributed by atoms with Crippen LogP contribution in [-0.4, -0.2) is 35.4 Å². The number of carbonyl (C=O) groups excluding carboxylic acids is 2. The van der Waals surface area contributed by atoms with Crippen molar-refractivity contribution in [1.82, 2.24) is 15.3 Å². The average molecular weight is 402 g/mol. The summed E-state index contributed by atoms with van der Waals surface area (Å²) in [6, 6.07) is 14.9. The van der Waals surface area contributed by atoms with Gasteiger partial charge in [0, 0.05) is 49.4 Å². The number of aromatic nitrogens is 2. The Bertz CT molecular complexity index is 1040. The highest BCUT2D eigenvalue weighted by molar-refractivity contribution is 6.00. The van der Waals surface area contributed by atoms with Crippen LogP contribution in [0, 0.1) is 5.92 Å². The smallest absolute Gasteiger partial charge is 0.227 e. The van der Waals surface area contributed by atoms with Gasteiger partial charge in [-0.3, -0.25) is 19.6 Å². The fourth-order valence-electron chi connectivity index (χ4n) is 3.49. The van der Waals surface area contributed by atoms with Gasteiger partial charge in [0.05, 0.1) is 18.7 Å². The Kier molecular flexibility index (Phi) is 5.70. The molecule has 152 valence electrons. The van der Waals surface area contributed by atoms with Crippen LogP contribution in [0.4, 0.5) is 5.69 Å². The van der Waals surface area contributed by atoms with Gasteiger partial charge < -0.3 is 15.0 Å². The first-order valence-electron chi connectivity index (χ1n) is 9.71. The van der Waals surface area contributed by atoms with Crippen molar-refractivity contribution in [3.63, 3.8) is 0 Å². The van der Waals surface area contributed by atoms with Gasteiger partial charge in [0.25, 0.3) is 0 Å². The van der Waals surface area contributed by atoms with E-state index in [1.807, 2.05) is 36.4 Å². The van der Waals surface area contributed by atoms with Crippen molar-refractivity contribution in [2.24, 2.45) is 5.92 Å². The topological polar surface area (TPSA) is 84.4 Å². The fourth-order valence-corrected chi connectivity index (χ4v) is 3.49. The molecular weight excluding hydrogens is 380 g/mol. The molecule has 0 spiro atoms. The van der Waals surface area contributed by atoms with Crippen LogP contribution in [-0.2, 0) is 16.1 Å². The Hall–Kier alpha value is -3.74. The van der Waals surface area contributed by atoms with Gasteiger partial charge in [0.1, 0.15) is 5.75 Å². The summed E-state index contributed by atoms with van der Waals surface area (Å²) in [5, 5.41) is 2.95. The van der Waals surface area contributed by atoms with E-state index in [-0.39, 0.29) is 24.2 Å². The summed E-state index contributed by atoms with van der Waals surface area (Å²) in [6.45, 7) is 0.752. The minimum atomic E-state index is -0.374. The zero-order valence-corrected chi connectivity index (χ0v) is 16.6. The summed E-state index contributed by atoms with van der Waals surface area (Å²) in [5.74, 6) is 0.176. The highest BCUT2D eigenvalue weighted by Gasteiger charge is 2.35. The van der Waals surface area contributed by atoms with Crippen molar-refractivity contribution in [2.75, 3.05) is 18.6 Å². The number of pyridine rings is 2. The van der Waals surface area contributed by atoms with Gasteiger partial charge in [0.2, 0.25) is 11.8 Å². The molecule has 1 unspecified atom stereocenters. The maximum atomic E-state index is 12.7. The number of benzene rings is 1. The molecule has 0 aliphatic carbocycles. The van der Waals surface area contributed by atoms with Crippen LogP contribution >= 0.6 is 0 Å². The van der Waals surface area contributed by atoms with E-state index >= 15 is 0 Å². The van der Waals surface area contributed by atoms with Gasteiger partial charge >= 0.3 is 0 Å². The van der Waals surface area contributed by atoms with E-state index in [9.17, 15) is 9.59 Å². The first-order valence-corrected chi connectivity index (χ1v) is 9.71. The summed E-state index contributed by atoms with van der Waals surface area (Å²) in [5.41, 5.74) is 3.51. The van der Waals surface area contributed by atoms with Crippen LogP contribution in [0.5, 0.6) is 5.75 Å². The van der Waals surface area contributed by atoms with Crippen LogP contribution < -0.4 is 15.0 Å². The maximum Gasteiger partial charge on any atom is 0.227 e. The number of nitrogens with zero attached hydrogens (tertiary/aromatic N) is 3. The Balaban J connectivity index is 1.37. The molecule has 1 N–H and O–H groups in total. The van der Waals surface area contributed by atoms with Gasteiger partial charge in [-0.05, 0) is 54.1 Å². The van der Waals surface area contributed by atoms with Crippen molar-refractivity contribution >= 4 is 17.5 Å². The van der Waals surface area contributed by atoms with Gasteiger partial charge in [-0.2, -0.15) is 0 Å². The van der Waals surface area contributed by atoms with Crippen molar-refractivity contribution in [3.05, 3.63) is 72.7 Å². The molecule has 3 aromatic rings. The molecular formula is C23H22N4O3. The highest BCUT2D eigenvalue weighted by atomic mass is 16.5. The van der Waals surface area contributed by atoms with Crippen molar-refractivity contribution < 1.29 is 14.3 Å². The summed E-state index contributed by atoms with van der Waals surface area (Å²) in [6.07, 6.45) is 5.37. The average Bonchev–Trinajstić information content (AvgIpc) is 3.20.